The summed E-state index contributed by atoms with van der Waals surface area (Å²) in [5.41, 5.74) is 0.847. The van der Waals surface area contributed by atoms with Gasteiger partial charge in [0, 0.05) is 24.5 Å². The maximum absolute atomic E-state index is 5.47. The lowest BCUT2D eigenvalue weighted by molar-refractivity contribution is 0.356. The van der Waals surface area contributed by atoms with Gasteiger partial charge in [-0.25, -0.2) is 4.98 Å². The Balaban J connectivity index is 2.21. The molecule has 1 aromatic heterocycles. The number of anilines is 2. The van der Waals surface area contributed by atoms with Gasteiger partial charge in [-0.05, 0) is 18.9 Å². The van der Waals surface area contributed by atoms with Crippen molar-refractivity contribution in [3.63, 3.8) is 0 Å². The third-order valence-corrected chi connectivity index (χ3v) is 4.84. The van der Waals surface area contributed by atoms with Crippen LogP contribution >= 0.6 is 0 Å². The van der Waals surface area contributed by atoms with Crippen molar-refractivity contribution in [3.05, 3.63) is 12.1 Å². The van der Waals surface area contributed by atoms with Gasteiger partial charge < -0.3 is 20.1 Å². The van der Waals surface area contributed by atoms with Gasteiger partial charge in [0.15, 0.2) is 11.5 Å². The van der Waals surface area contributed by atoms with E-state index in [9.17, 15) is 0 Å². The first-order valence-corrected chi connectivity index (χ1v) is 10.6. The molecule has 0 spiro atoms. The maximum atomic E-state index is 5.47. The summed E-state index contributed by atoms with van der Waals surface area (Å²) in [5, 5.41) is 7.83. The third kappa shape index (κ3) is 6.43. The van der Waals surface area contributed by atoms with Crippen LogP contribution < -0.4 is 20.1 Å². The Morgan fingerprint density at radius 1 is 0.750 bits per heavy atom. The molecule has 0 aliphatic heterocycles. The molecular formula is C22H36N4O2. The molecule has 2 N–H and O–H groups in total. The fraction of sp³-hybridized carbons (Fsp3) is 0.636. The van der Waals surface area contributed by atoms with Crippen LogP contribution in [0.1, 0.15) is 65.2 Å². The number of fused-ring (bicyclic) bond motifs is 1. The zero-order valence-corrected chi connectivity index (χ0v) is 17.9. The van der Waals surface area contributed by atoms with E-state index in [0.717, 1.165) is 42.7 Å². The normalized spacial score (nSPS) is 10.9. The SMILES string of the molecule is CCCCCCNc1nc(NCCCCCC)c2cc(OC)c(OC)cc2n1. The van der Waals surface area contributed by atoms with Crippen molar-refractivity contribution in [1.82, 2.24) is 9.97 Å². The molecule has 2 rings (SSSR count). The van der Waals surface area contributed by atoms with E-state index < -0.39 is 0 Å². The molecule has 6 nitrogen and oxygen atoms in total. The Morgan fingerprint density at radius 3 is 1.96 bits per heavy atom. The highest BCUT2D eigenvalue weighted by molar-refractivity contribution is 5.92. The van der Waals surface area contributed by atoms with Crippen molar-refractivity contribution < 1.29 is 9.47 Å². The summed E-state index contributed by atoms with van der Waals surface area (Å²) in [7, 11) is 3.29. The minimum Gasteiger partial charge on any atom is -0.493 e. The topological polar surface area (TPSA) is 68.3 Å². The molecule has 0 amide bonds. The van der Waals surface area contributed by atoms with Crippen LogP contribution in [0, 0.1) is 0 Å². The minimum atomic E-state index is 0.660. The molecule has 28 heavy (non-hydrogen) atoms. The molecule has 0 fully saturated rings. The molecule has 156 valence electrons. The zero-order chi connectivity index (χ0) is 20.2. The summed E-state index contributed by atoms with van der Waals surface area (Å²) < 4.78 is 10.9. The second kappa shape index (κ2) is 12.3. The molecule has 0 saturated heterocycles. The lowest BCUT2D eigenvalue weighted by Gasteiger charge is -2.14. The standard InChI is InChI=1S/C22H36N4O2/c1-5-7-9-11-13-23-21-17-15-19(27-3)20(28-4)16-18(17)25-22(26-21)24-14-12-10-8-6-2/h15-16H,5-14H2,1-4H3,(H2,23,24,25,26). The second-order valence-electron chi connectivity index (χ2n) is 7.10. The second-order valence-corrected chi connectivity index (χ2v) is 7.10. The van der Waals surface area contributed by atoms with Gasteiger partial charge in [-0.15, -0.1) is 0 Å². The van der Waals surface area contributed by atoms with Crippen molar-refractivity contribution in [1.29, 1.82) is 0 Å². The van der Waals surface area contributed by atoms with Crippen LogP contribution in [0.3, 0.4) is 0 Å². The van der Waals surface area contributed by atoms with Crippen molar-refractivity contribution in [2.75, 3.05) is 37.9 Å². The van der Waals surface area contributed by atoms with Crippen molar-refractivity contribution >= 4 is 22.7 Å². The highest BCUT2D eigenvalue weighted by Crippen LogP contribution is 2.34. The van der Waals surface area contributed by atoms with Crippen LogP contribution in [0.2, 0.25) is 0 Å². The van der Waals surface area contributed by atoms with E-state index >= 15 is 0 Å². The van der Waals surface area contributed by atoms with Crippen LogP contribution in [0.4, 0.5) is 11.8 Å². The number of ether oxygens (including phenoxy) is 2. The number of nitrogens with zero attached hydrogens (tertiary/aromatic N) is 2. The van der Waals surface area contributed by atoms with Gasteiger partial charge in [0.25, 0.3) is 0 Å². The van der Waals surface area contributed by atoms with Gasteiger partial charge in [-0.3, -0.25) is 0 Å². The van der Waals surface area contributed by atoms with E-state index in [1.165, 1.54) is 38.5 Å². The molecule has 0 radical (unpaired) electrons. The number of unbranched alkanes of at least 4 members (excludes halogenated alkanes) is 6. The zero-order valence-electron chi connectivity index (χ0n) is 17.9. The summed E-state index contributed by atoms with van der Waals surface area (Å²) in [4.78, 5) is 9.44. The fourth-order valence-corrected chi connectivity index (χ4v) is 3.18. The molecule has 0 atom stereocenters. The summed E-state index contributed by atoms with van der Waals surface area (Å²) in [6, 6.07) is 3.87. The number of rotatable bonds is 14. The van der Waals surface area contributed by atoms with Crippen LogP contribution in [0.25, 0.3) is 10.9 Å². The predicted octanol–water partition coefficient (Wildman–Crippen LogP) is 5.63. The van der Waals surface area contributed by atoms with E-state index in [1.54, 1.807) is 14.2 Å². The fourth-order valence-electron chi connectivity index (χ4n) is 3.18. The van der Waals surface area contributed by atoms with Gasteiger partial charge in [-0.1, -0.05) is 52.4 Å². The first-order valence-electron chi connectivity index (χ1n) is 10.6. The van der Waals surface area contributed by atoms with Crippen molar-refractivity contribution in [3.8, 4) is 11.5 Å². The molecule has 6 heteroatoms. The van der Waals surface area contributed by atoms with Crippen molar-refractivity contribution in [2.24, 2.45) is 0 Å². The number of hydrogen-bond acceptors (Lipinski definition) is 6. The monoisotopic (exact) mass is 388 g/mol. The molecule has 2 aromatic rings. The average molecular weight is 389 g/mol. The molecule has 0 aliphatic rings. The first-order chi connectivity index (χ1) is 13.7. The van der Waals surface area contributed by atoms with Gasteiger partial charge in [0.05, 0.1) is 19.7 Å². The Morgan fingerprint density at radius 2 is 1.36 bits per heavy atom. The number of nitrogens with one attached hydrogen (secondary N) is 2. The Bertz CT molecular complexity index is 721. The lowest BCUT2D eigenvalue weighted by Crippen LogP contribution is -2.10. The predicted molar refractivity (Wildman–Crippen MR) is 118 cm³/mol. The Labute approximate surface area is 169 Å². The lowest BCUT2D eigenvalue weighted by atomic mass is 10.2. The van der Waals surface area contributed by atoms with E-state index in [1.807, 2.05) is 12.1 Å². The molecule has 1 heterocycles. The van der Waals surface area contributed by atoms with Crippen molar-refractivity contribution in [2.45, 2.75) is 65.2 Å². The van der Waals surface area contributed by atoms with E-state index in [0.29, 0.717) is 17.4 Å². The molecular weight excluding hydrogens is 352 g/mol. The quantitative estimate of drug-likeness (QED) is 0.409. The average Bonchev–Trinajstić information content (AvgIpc) is 2.72. The number of benzene rings is 1. The molecule has 0 aliphatic carbocycles. The summed E-state index contributed by atoms with van der Waals surface area (Å²) in [6.45, 7) is 6.23. The molecule has 0 saturated carbocycles. The number of hydrogen-bond donors (Lipinski definition) is 2. The molecule has 1 aromatic carbocycles. The first kappa shape index (κ1) is 22.1. The van der Waals surface area contributed by atoms with E-state index in [-0.39, 0.29) is 0 Å². The van der Waals surface area contributed by atoms with Gasteiger partial charge in [-0.2, -0.15) is 4.98 Å². The minimum absolute atomic E-state index is 0.660. The van der Waals surface area contributed by atoms with Crippen LogP contribution in [-0.2, 0) is 0 Å². The molecule has 0 unspecified atom stereocenters. The van der Waals surface area contributed by atoms with Gasteiger partial charge in [0.2, 0.25) is 5.95 Å². The summed E-state index contributed by atoms with van der Waals surface area (Å²) in [5.74, 6) is 2.87. The largest absolute Gasteiger partial charge is 0.493 e. The Kier molecular flexibility index (Phi) is 9.66. The van der Waals surface area contributed by atoms with E-state index in [2.05, 4.69) is 24.5 Å². The van der Waals surface area contributed by atoms with Crippen LogP contribution in [0.5, 0.6) is 11.5 Å². The smallest absolute Gasteiger partial charge is 0.225 e. The van der Waals surface area contributed by atoms with E-state index in [4.69, 9.17) is 19.4 Å². The number of aromatic nitrogens is 2. The summed E-state index contributed by atoms with van der Waals surface area (Å²) in [6.07, 6.45) is 9.72. The van der Waals surface area contributed by atoms with Crippen LogP contribution in [0.15, 0.2) is 12.1 Å². The Hall–Kier alpha value is -2.24. The number of methoxy groups -OCH3 is 2. The van der Waals surface area contributed by atoms with Gasteiger partial charge in [0.1, 0.15) is 5.82 Å². The highest BCUT2D eigenvalue weighted by Gasteiger charge is 2.13. The molecule has 0 bridgehead atoms. The van der Waals surface area contributed by atoms with Gasteiger partial charge >= 0.3 is 0 Å². The maximum Gasteiger partial charge on any atom is 0.225 e. The third-order valence-electron chi connectivity index (χ3n) is 4.84. The highest BCUT2D eigenvalue weighted by atomic mass is 16.5. The summed E-state index contributed by atoms with van der Waals surface area (Å²) >= 11 is 0. The van der Waals surface area contributed by atoms with Crippen LogP contribution in [-0.4, -0.2) is 37.3 Å².